The number of carbonyl (C=O) groups is 1. The zero-order chi connectivity index (χ0) is 22.0. The van der Waals surface area contributed by atoms with Gasteiger partial charge in [-0.25, -0.2) is 4.98 Å². The van der Waals surface area contributed by atoms with E-state index in [2.05, 4.69) is 4.98 Å². The van der Waals surface area contributed by atoms with E-state index >= 15 is 0 Å². The number of thiophene rings is 1. The molecule has 0 spiro atoms. The number of aromatic nitrogens is 2. The first kappa shape index (κ1) is 21.0. The Kier molecular flexibility index (Phi) is 6.00. The van der Waals surface area contributed by atoms with Crippen molar-refractivity contribution >= 4 is 27.5 Å². The number of carbonyl (C=O) groups excluding carboxylic acids is 1. The second-order valence-electron chi connectivity index (χ2n) is 7.86. The topological polar surface area (TPSA) is 55.2 Å². The van der Waals surface area contributed by atoms with Gasteiger partial charge in [-0.05, 0) is 31.9 Å². The van der Waals surface area contributed by atoms with Crippen LogP contribution < -0.4 is 5.56 Å². The molecule has 0 saturated heterocycles. The molecule has 0 aliphatic carbocycles. The molecule has 0 fully saturated rings. The molecule has 0 radical (unpaired) electrons. The smallest absolute Gasteiger partial charge is 0.263 e. The summed E-state index contributed by atoms with van der Waals surface area (Å²) in [5.41, 5.74) is 2.78. The largest absolute Gasteiger partial charge is 0.334 e. The van der Waals surface area contributed by atoms with Crippen molar-refractivity contribution in [2.24, 2.45) is 0 Å². The molecule has 2 heterocycles. The van der Waals surface area contributed by atoms with Crippen LogP contribution >= 0.6 is 11.3 Å². The summed E-state index contributed by atoms with van der Waals surface area (Å²) in [6.07, 6.45) is 1.49. The summed E-state index contributed by atoms with van der Waals surface area (Å²) in [4.78, 5) is 34.6. The lowest BCUT2D eigenvalue weighted by Crippen LogP contribution is -2.40. The molecule has 5 nitrogen and oxygen atoms in total. The van der Waals surface area contributed by atoms with Gasteiger partial charge in [0.1, 0.15) is 11.4 Å². The molecule has 0 saturated carbocycles. The second-order valence-corrected chi connectivity index (χ2v) is 9.06. The van der Waals surface area contributed by atoms with Crippen LogP contribution in [0.25, 0.3) is 21.3 Å². The summed E-state index contributed by atoms with van der Waals surface area (Å²) in [7, 11) is 0. The van der Waals surface area contributed by atoms with E-state index in [4.69, 9.17) is 0 Å². The van der Waals surface area contributed by atoms with Crippen LogP contribution in [0.15, 0.2) is 71.8 Å². The van der Waals surface area contributed by atoms with Gasteiger partial charge in [-0.1, -0.05) is 60.7 Å². The highest BCUT2D eigenvalue weighted by molar-refractivity contribution is 7.19. The minimum atomic E-state index is -0.176. The third kappa shape index (κ3) is 4.30. The Balaban J connectivity index is 1.69. The summed E-state index contributed by atoms with van der Waals surface area (Å²) in [6.45, 7) is 6.45. The van der Waals surface area contributed by atoms with Crippen LogP contribution in [0.5, 0.6) is 0 Å². The lowest BCUT2D eigenvalue weighted by molar-refractivity contribution is -0.134. The van der Waals surface area contributed by atoms with Gasteiger partial charge in [-0.15, -0.1) is 11.3 Å². The van der Waals surface area contributed by atoms with Gasteiger partial charge in [0.05, 0.1) is 11.7 Å². The van der Waals surface area contributed by atoms with Crippen LogP contribution in [0.3, 0.4) is 0 Å². The van der Waals surface area contributed by atoms with Gasteiger partial charge in [0, 0.05) is 23.0 Å². The quantitative estimate of drug-likeness (QED) is 0.438. The van der Waals surface area contributed by atoms with Crippen LogP contribution in [0.1, 0.15) is 24.3 Å². The number of rotatable bonds is 6. The molecule has 1 amide bonds. The number of nitrogens with zero attached hydrogens (tertiary/aromatic N) is 3. The average Bonchev–Trinajstić information content (AvgIpc) is 3.11. The van der Waals surface area contributed by atoms with Gasteiger partial charge in [0.25, 0.3) is 5.56 Å². The molecule has 2 aromatic heterocycles. The van der Waals surface area contributed by atoms with Crippen molar-refractivity contribution in [2.45, 2.75) is 39.9 Å². The molecular weight excluding hydrogens is 406 g/mol. The molecule has 158 valence electrons. The molecule has 0 aliphatic heterocycles. The molecular formula is C25H25N3O2S. The fourth-order valence-electron chi connectivity index (χ4n) is 3.78. The fraction of sp³-hybridized carbons (Fsp3) is 0.240. The molecule has 4 rings (SSSR count). The summed E-state index contributed by atoms with van der Waals surface area (Å²) in [5.74, 6) is -0.102. The first-order valence-corrected chi connectivity index (χ1v) is 11.1. The van der Waals surface area contributed by atoms with Crippen LogP contribution in [0.4, 0.5) is 0 Å². The predicted octanol–water partition coefficient (Wildman–Crippen LogP) is 4.87. The van der Waals surface area contributed by atoms with Crippen molar-refractivity contribution in [2.75, 3.05) is 0 Å². The average molecular weight is 432 g/mol. The van der Waals surface area contributed by atoms with E-state index in [1.807, 2.05) is 81.4 Å². The third-order valence-corrected chi connectivity index (χ3v) is 6.38. The van der Waals surface area contributed by atoms with Crippen molar-refractivity contribution in [3.8, 4) is 11.1 Å². The van der Waals surface area contributed by atoms with Gasteiger partial charge in [-0.3, -0.25) is 14.2 Å². The summed E-state index contributed by atoms with van der Waals surface area (Å²) >= 11 is 1.51. The van der Waals surface area contributed by atoms with E-state index in [9.17, 15) is 9.59 Å². The highest BCUT2D eigenvalue weighted by Gasteiger charge is 2.21. The van der Waals surface area contributed by atoms with Gasteiger partial charge >= 0.3 is 0 Å². The van der Waals surface area contributed by atoms with Crippen molar-refractivity contribution in [1.82, 2.24) is 14.5 Å². The van der Waals surface area contributed by atoms with Crippen molar-refractivity contribution in [3.63, 3.8) is 0 Å². The zero-order valence-corrected chi connectivity index (χ0v) is 18.7. The molecule has 0 bridgehead atoms. The minimum absolute atomic E-state index is 0.0170. The Hall–Kier alpha value is -3.25. The van der Waals surface area contributed by atoms with E-state index in [1.165, 1.54) is 22.2 Å². The lowest BCUT2D eigenvalue weighted by Gasteiger charge is -2.27. The van der Waals surface area contributed by atoms with Gasteiger partial charge in [0.15, 0.2) is 0 Å². The SMILES string of the molecule is Cc1sc2ncn(CC(=O)N(Cc3ccccc3)C(C)C)c(=O)c2c1-c1ccccc1. The summed E-state index contributed by atoms with van der Waals surface area (Å²) < 4.78 is 1.43. The Bertz CT molecular complexity index is 1260. The highest BCUT2D eigenvalue weighted by Crippen LogP contribution is 2.35. The number of amides is 1. The fourth-order valence-corrected chi connectivity index (χ4v) is 4.78. The first-order chi connectivity index (χ1) is 15.0. The van der Waals surface area contributed by atoms with Crippen molar-refractivity contribution in [1.29, 1.82) is 0 Å². The molecule has 2 aromatic carbocycles. The third-order valence-electron chi connectivity index (χ3n) is 5.36. The van der Waals surface area contributed by atoms with Crippen LogP contribution in [-0.2, 0) is 17.9 Å². The maximum Gasteiger partial charge on any atom is 0.263 e. The summed E-state index contributed by atoms with van der Waals surface area (Å²) in [5, 5.41) is 0.586. The van der Waals surface area contributed by atoms with Gasteiger partial charge < -0.3 is 4.90 Å². The van der Waals surface area contributed by atoms with Crippen molar-refractivity contribution < 1.29 is 4.79 Å². The highest BCUT2D eigenvalue weighted by atomic mass is 32.1. The van der Waals surface area contributed by atoms with Crippen LogP contribution in [-0.4, -0.2) is 26.4 Å². The molecule has 0 atom stereocenters. The van der Waals surface area contributed by atoms with E-state index < -0.39 is 0 Å². The standard InChI is InChI=1S/C25H25N3O2S/c1-17(2)28(14-19-10-6-4-7-11-19)21(29)15-27-16-26-24-23(25(27)30)22(18(3)31-24)20-12-8-5-9-13-20/h4-13,16-17H,14-15H2,1-3H3. The predicted molar refractivity (Wildman–Crippen MR) is 126 cm³/mol. The first-order valence-electron chi connectivity index (χ1n) is 10.3. The molecule has 0 unspecified atom stereocenters. The zero-order valence-electron chi connectivity index (χ0n) is 17.9. The minimum Gasteiger partial charge on any atom is -0.334 e. The molecule has 4 aromatic rings. The molecule has 0 aliphatic rings. The number of fused-ring (bicyclic) bond motifs is 1. The summed E-state index contributed by atoms with van der Waals surface area (Å²) in [6, 6.07) is 19.8. The number of hydrogen-bond donors (Lipinski definition) is 0. The normalized spacial score (nSPS) is 11.2. The maximum absolute atomic E-state index is 13.4. The number of hydrogen-bond acceptors (Lipinski definition) is 4. The van der Waals surface area contributed by atoms with E-state index in [0.717, 1.165) is 21.6 Å². The molecule has 6 heteroatoms. The Morgan fingerprint density at radius 1 is 1.06 bits per heavy atom. The Labute approximate surface area is 185 Å². The number of benzene rings is 2. The van der Waals surface area contributed by atoms with E-state index in [0.29, 0.717) is 16.8 Å². The van der Waals surface area contributed by atoms with Crippen LogP contribution in [0, 0.1) is 6.92 Å². The van der Waals surface area contributed by atoms with Crippen molar-refractivity contribution in [3.05, 3.63) is 87.8 Å². The van der Waals surface area contributed by atoms with Gasteiger partial charge in [0.2, 0.25) is 5.91 Å². The monoisotopic (exact) mass is 431 g/mol. The molecule has 0 N–H and O–H groups in total. The van der Waals surface area contributed by atoms with E-state index in [-0.39, 0.29) is 24.1 Å². The Morgan fingerprint density at radius 3 is 2.35 bits per heavy atom. The number of aryl methyl sites for hydroxylation is 1. The second kappa shape index (κ2) is 8.86. The maximum atomic E-state index is 13.4. The van der Waals surface area contributed by atoms with E-state index in [1.54, 1.807) is 4.90 Å². The lowest BCUT2D eigenvalue weighted by atomic mass is 10.0. The Morgan fingerprint density at radius 2 is 1.71 bits per heavy atom. The molecule has 31 heavy (non-hydrogen) atoms. The van der Waals surface area contributed by atoms with Gasteiger partial charge in [-0.2, -0.15) is 0 Å². The van der Waals surface area contributed by atoms with Crippen LogP contribution in [0.2, 0.25) is 0 Å².